The Labute approximate surface area is 76.1 Å². The van der Waals surface area contributed by atoms with Crippen molar-refractivity contribution in [3.05, 3.63) is 0 Å². The van der Waals surface area contributed by atoms with Gasteiger partial charge in [0.2, 0.25) is 0 Å². The number of nitrogens with zero attached hydrogens (tertiary/aromatic N) is 1. The summed E-state index contributed by atoms with van der Waals surface area (Å²) < 4.78 is 0. The van der Waals surface area contributed by atoms with Crippen molar-refractivity contribution >= 4 is 0 Å². The molecule has 0 spiro atoms. The van der Waals surface area contributed by atoms with E-state index in [-0.39, 0.29) is 0 Å². The molecule has 71 valence electrons. The fraction of sp³-hybridized carbons (Fsp3) is 1.00. The Morgan fingerprint density at radius 2 is 2.33 bits per heavy atom. The monoisotopic (exact) mass is 169 g/mol. The molecule has 0 aliphatic carbocycles. The highest BCUT2D eigenvalue weighted by molar-refractivity contribution is 4.70. The second-order valence-electron chi connectivity index (χ2n) is 3.68. The lowest BCUT2D eigenvalue weighted by Gasteiger charge is -2.07. The van der Waals surface area contributed by atoms with Gasteiger partial charge in [0.05, 0.1) is 0 Å². The Hall–Kier alpha value is -0.0800. The van der Waals surface area contributed by atoms with Crippen LogP contribution in [0.2, 0.25) is 0 Å². The predicted octanol–water partition coefficient (Wildman–Crippen LogP) is 1.39. The summed E-state index contributed by atoms with van der Waals surface area (Å²) in [5.74, 6) is 0.911. The largest absolute Gasteiger partial charge is 0.317 e. The van der Waals surface area contributed by atoms with Crippen molar-refractivity contribution in [1.82, 2.24) is 10.6 Å². The molecule has 0 bridgehead atoms. The van der Waals surface area contributed by atoms with Gasteiger partial charge in [-0.05, 0) is 44.7 Å². The summed E-state index contributed by atoms with van der Waals surface area (Å²) >= 11 is 0. The highest BCUT2D eigenvalue weighted by atomic mass is 14.9. The van der Waals surface area contributed by atoms with E-state index in [0.29, 0.717) is 0 Å². The van der Waals surface area contributed by atoms with Crippen LogP contribution in [-0.4, -0.2) is 26.2 Å². The number of hydrogen-bond donors (Lipinski definition) is 1. The minimum absolute atomic E-state index is 0.911. The van der Waals surface area contributed by atoms with Gasteiger partial charge in [-0.3, -0.25) is 0 Å². The topological polar surface area (TPSA) is 26.1 Å². The van der Waals surface area contributed by atoms with Crippen LogP contribution in [0.15, 0.2) is 0 Å². The van der Waals surface area contributed by atoms with Crippen LogP contribution in [0.1, 0.15) is 32.6 Å². The van der Waals surface area contributed by atoms with E-state index in [4.69, 9.17) is 0 Å². The van der Waals surface area contributed by atoms with Crippen molar-refractivity contribution < 1.29 is 0 Å². The summed E-state index contributed by atoms with van der Waals surface area (Å²) in [5, 5.41) is 7.79. The third kappa shape index (κ3) is 4.07. The first-order valence-corrected chi connectivity index (χ1v) is 5.27. The Morgan fingerprint density at radius 3 is 3.00 bits per heavy atom. The van der Waals surface area contributed by atoms with Gasteiger partial charge in [-0.15, -0.1) is 0 Å². The first-order chi connectivity index (χ1) is 5.93. The van der Waals surface area contributed by atoms with E-state index in [1.54, 1.807) is 0 Å². The van der Waals surface area contributed by atoms with Gasteiger partial charge < -0.3 is 5.32 Å². The molecule has 1 saturated heterocycles. The van der Waals surface area contributed by atoms with Crippen LogP contribution in [0.5, 0.6) is 0 Å². The molecule has 0 aromatic rings. The van der Waals surface area contributed by atoms with E-state index in [0.717, 1.165) is 19.0 Å². The Balaban J connectivity index is 1.81. The molecule has 0 amide bonds. The van der Waals surface area contributed by atoms with E-state index >= 15 is 0 Å². The van der Waals surface area contributed by atoms with Gasteiger partial charge in [0.1, 0.15) is 0 Å². The van der Waals surface area contributed by atoms with E-state index in [1.165, 1.54) is 38.8 Å². The third-order valence-corrected chi connectivity index (χ3v) is 2.48. The Morgan fingerprint density at radius 1 is 1.42 bits per heavy atom. The average molecular weight is 169 g/mol. The van der Waals surface area contributed by atoms with E-state index in [1.807, 2.05) is 0 Å². The van der Waals surface area contributed by atoms with E-state index in [2.05, 4.69) is 17.6 Å². The van der Waals surface area contributed by atoms with Crippen molar-refractivity contribution in [2.75, 3.05) is 26.2 Å². The SMILES string of the molecule is CCCNCCCC1CC[N]C1. The van der Waals surface area contributed by atoms with Crippen LogP contribution in [0.25, 0.3) is 0 Å². The number of hydrogen-bond acceptors (Lipinski definition) is 1. The van der Waals surface area contributed by atoms with Crippen molar-refractivity contribution in [2.45, 2.75) is 32.6 Å². The molecule has 0 saturated carbocycles. The third-order valence-electron chi connectivity index (χ3n) is 2.48. The lowest BCUT2D eigenvalue weighted by Crippen LogP contribution is -2.17. The van der Waals surface area contributed by atoms with Crippen molar-refractivity contribution in [3.8, 4) is 0 Å². The average Bonchev–Trinajstić information content (AvgIpc) is 2.57. The number of rotatable bonds is 6. The van der Waals surface area contributed by atoms with Gasteiger partial charge >= 0.3 is 0 Å². The molecule has 1 heterocycles. The molecular weight excluding hydrogens is 148 g/mol. The first kappa shape index (κ1) is 10.0. The van der Waals surface area contributed by atoms with Crippen LogP contribution in [0, 0.1) is 5.92 Å². The molecule has 12 heavy (non-hydrogen) atoms. The zero-order valence-corrected chi connectivity index (χ0v) is 8.18. The Kier molecular flexibility index (Phi) is 5.37. The van der Waals surface area contributed by atoms with Crippen LogP contribution < -0.4 is 10.6 Å². The van der Waals surface area contributed by atoms with Gasteiger partial charge in [-0.25, -0.2) is 5.32 Å². The summed E-state index contributed by atoms with van der Waals surface area (Å²) in [4.78, 5) is 0. The van der Waals surface area contributed by atoms with Crippen LogP contribution in [0.3, 0.4) is 0 Å². The summed E-state index contributed by atoms with van der Waals surface area (Å²) in [5.41, 5.74) is 0. The molecule has 1 aliphatic rings. The summed E-state index contributed by atoms with van der Waals surface area (Å²) in [6.07, 6.45) is 5.30. The highest BCUT2D eigenvalue weighted by Gasteiger charge is 2.14. The fourth-order valence-electron chi connectivity index (χ4n) is 1.69. The summed E-state index contributed by atoms with van der Waals surface area (Å²) in [7, 11) is 0. The highest BCUT2D eigenvalue weighted by Crippen LogP contribution is 2.14. The van der Waals surface area contributed by atoms with E-state index in [9.17, 15) is 0 Å². The molecule has 1 N–H and O–H groups in total. The lowest BCUT2D eigenvalue weighted by molar-refractivity contribution is 0.492. The zero-order valence-electron chi connectivity index (χ0n) is 8.18. The van der Waals surface area contributed by atoms with E-state index < -0.39 is 0 Å². The number of nitrogens with one attached hydrogen (secondary N) is 1. The van der Waals surface area contributed by atoms with Gasteiger partial charge in [-0.1, -0.05) is 6.92 Å². The molecule has 1 radical (unpaired) electrons. The van der Waals surface area contributed by atoms with Gasteiger partial charge in [-0.2, -0.15) is 0 Å². The molecule has 1 atom stereocenters. The molecule has 0 aromatic carbocycles. The molecule has 2 heteroatoms. The maximum absolute atomic E-state index is 4.36. The van der Waals surface area contributed by atoms with Crippen LogP contribution >= 0.6 is 0 Å². The second-order valence-corrected chi connectivity index (χ2v) is 3.68. The van der Waals surface area contributed by atoms with Gasteiger partial charge in [0.15, 0.2) is 0 Å². The fourth-order valence-corrected chi connectivity index (χ4v) is 1.69. The maximum atomic E-state index is 4.36. The molecule has 0 aromatic heterocycles. The standard InChI is InChI=1S/C10H21N2/c1-2-6-11-7-3-4-10-5-8-12-9-10/h10-11H,2-9H2,1H3. The minimum atomic E-state index is 0.911. The van der Waals surface area contributed by atoms with Gasteiger partial charge in [0, 0.05) is 13.1 Å². The zero-order chi connectivity index (χ0) is 8.65. The predicted molar refractivity (Wildman–Crippen MR) is 52.4 cm³/mol. The quantitative estimate of drug-likeness (QED) is 0.597. The first-order valence-electron chi connectivity index (χ1n) is 5.27. The molecule has 1 aliphatic heterocycles. The summed E-state index contributed by atoms with van der Waals surface area (Å²) in [6, 6.07) is 0. The minimum Gasteiger partial charge on any atom is -0.317 e. The smallest absolute Gasteiger partial charge is 0.0162 e. The second kappa shape index (κ2) is 6.44. The molecule has 1 unspecified atom stereocenters. The molecule has 1 rings (SSSR count). The maximum Gasteiger partial charge on any atom is 0.0162 e. The molecule has 1 fully saturated rings. The molecular formula is C10H21N2. The van der Waals surface area contributed by atoms with Crippen molar-refractivity contribution in [1.29, 1.82) is 0 Å². The normalized spacial score (nSPS) is 23.2. The van der Waals surface area contributed by atoms with Crippen molar-refractivity contribution in [2.24, 2.45) is 5.92 Å². The lowest BCUT2D eigenvalue weighted by atomic mass is 10.0. The Bertz CT molecular complexity index is 98.0. The summed E-state index contributed by atoms with van der Waals surface area (Å²) in [6.45, 7) is 6.84. The van der Waals surface area contributed by atoms with Crippen molar-refractivity contribution in [3.63, 3.8) is 0 Å². The van der Waals surface area contributed by atoms with Crippen LogP contribution in [0.4, 0.5) is 0 Å². The van der Waals surface area contributed by atoms with Crippen LogP contribution in [-0.2, 0) is 0 Å². The molecule has 2 nitrogen and oxygen atoms in total. The van der Waals surface area contributed by atoms with Gasteiger partial charge in [0.25, 0.3) is 0 Å².